The van der Waals surface area contributed by atoms with Crippen LogP contribution in [0.1, 0.15) is 24.2 Å². The minimum absolute atomic E-state index is 0.102. The van der Waals surface area contributed by atoms with Crippen LogP contribution < -0.4 is 15.4 Å². The van der Waals surface area contributed by atoms with Crippen molar-refractivity contribution >= 4 is 45.0 Å². The Hall–Kier alpha value is -2.05. The molecule has 1 atom stereocenters. The fraction of sp³-hybridized carbons (Fsp3) is 0.263. The number of rotatable bonds is 6. The molecule has 26 heavy (non-hydrogen) atoms. The van der Waals surface area contributed by atoms with Gasteiger partial charge in [0.1, 0.15) is 11.8 Å². The van der Waals surface area contributed by atoms with Gasteiger partial charge in [0.15, 0.2) is 0 Å². The van der Waals surface area contributed by atoms with Gasteiger partial charge in [-0.15, -0.1) is 0 Å². The van der Waals surface area contributed by atoms with Crippen molar-refractivity contribution in [3.05, 3.63) is 57.5 Å². The first-order chi connectivity index (χ1) is 12.3. The van der Waals surface area contributed by atoms with Crippen molar-refractivity contribution in [1.82, 2.24) is 5.32 Å². The molecular weight excluding hydrogens is 420 g/mol. The first kappa shape index (κ1) is 20.3. The predicted octanol–water partition coefficient (Wildman–Crippen LogP) is 4.50. The largest absolute Gasteiger partial charge is 0.495 e. The van der Waals surface area contributed by atoms with Crippen LogP contribution >= 0.6 is 27.5 Å². The smallest absolute Gasteiger partial charge is 0.253 e. The maximum absolute atomic E-state index is 12.7. The molecule has 0 radical (unpaired) electrons. The van der Waals surface area contributed by atoms with Gasteiger partial charge in [-0.1, -0.05) is 37.6 Å². The molecule has 138 valence electrons. The fourth-order valence-electron chi connectivity index (χ4n) is 2.36. The molecule has 7 heteroatoms. The summed E-state index contributed by atoms with van der Waals surface area (Å²) in [6.07, 6.45) is 0. The summed E-state index contributed by atoms with van der Waals surface area (Å²) in [6, 6.07) is 11.3. The van der Waals surface area contributed by atoms with Gasteiger partial charge < -0.3 is 15.4 Å². The number of benzene rings is 2. The summed E-state index contributed by atoms with van der Waals surface area (Å²) < 4.78 is 5.77. The number of hydrogen-bond acceptors (Lipinski definition) is 3. The van der Waals surface area contributed by atoms with Crippen LogP contribution in [0.5, 0.6) is 5.75 Å². The highest BCUT2D eigenvalue weighted by Crippen LogP contribution is 2.27. The number of halogens is 2. The van der Waals surface area contributed by atoms with Crippen molar-refractivity contribution in [2.24, 2.45) is 5.92 Å². The molecule has 0 aliphatic carbocycles. The highest BCUT2D eigenvalue weighted by Gasteiger charge is 2.25. The molecule has 0 saturated heterocycles. The second kappa shape index (κ2) is 9.05. The minimum Gasteiger partial charge on any atom is -0.495 e. The van der Waals surface area contributed by atoms with Crippen molar-refractivity contribution < 1.29 is 14.3 Å². The Morgan fingerprint density at radius 2 is 1.85 bits per heavy atom. The molecule has 5 nitrogen and oxygen atoms in total. The number of amides is 2. The van der Waals surface area contributed by atoms with Gasteiger partial charge in [-0.2, -0.15) is 0 Å². The lowest BCUT2D eigenvalue weighted by Crippen LogP contribution is -2.47. The van der Waals surface area contributed by atoms with E-state index in [0.717, 1.165) is 0 Å². The Morgan fingerprint density at radius 1 is 1.15 bits per heavy atom. The van der Waals surface area contributed by atoms with Crippen LogP contribution in [0.15, 0.2) is 46.9 Å². The Labute approximate surface area is 166 Å². The van der Waals surface area contributed by atoms with Gasteiger partial charge in [-0.3, -0.25) is 9.59 Å². The van der Waals surface area contributed by atoms with Crippen molar-refractivity contribution in [2.45, 2.75) is 19.9 Å². The average molecular weight is 440 g/mol. The third-order valence-corrected chi connectivity index (χ3v) is 4.76. The zero-order valence-electron chi connectivity index (χ0n) is 14.7. The summed E-state index contributed by atoms with van der Waals surface area (Å²) in [7, 11) is 1.52. The Morgan fingerprint density at radius 3 is 2.42 bits per heavy atom. The van der Waals surface area contributed by atoms with Gasteiger partial charge >= 0.3 is 0 Å². The molecule has 2 aromatic carbocycles. The number of ether oxygens (including phenoxy) is 1. The van der Waals surface area contributed by atoms with E-state index in [-0.39, 0.29) is 17.7 Å². The molecule has 0 spiro atoms. The summed E-state index contributed by atoms with van der Waals surface area (Å²) in [5, 5.41) is 5.97. The van der Waals surface area contributed by atoms with Crippen LogP contribution in [0.25, 0.3) is 0 Å². The number of anilines is 1. The maximum atomic E-state index is 12.7. The number of nitrogens with one attached hydrogen (secondary N) is 2. The van der Waals surface area contributed by atoms with E-state index in [2.05, 4.69) is 26.6 Å². The van der Waals surface area contributed by atoms with Gasteiger partial charge in [0, 0.05) is 10.2 Å². The van der Waals surface area contributed by atoms with Crippen molar-refractivity contribution in [2.75, 3.05) is 12.4 Å². The normalized spacial score (nSPS) is 11.8. The van der Waals surface area contributed by atoms with Crippen LogP contribution in [0, 0.1) is 5.92 Å². The van der Waals surface area contributed by atoms with Gasteiger partial charge in [0.05, 0.1) is 17.7 Å². The van der Waals surface area contributed by atoms with Gasteiger partial charge in [-0.25, -0.2) is 0 Å². The number of hydrogen-bond donors (Lipinski definition) is 2. The number of methoxy groups -OCH3 is 1. The van der Waals surface area contributed by atoms with Gasteiger partial charge in [-0.05, 0) is 52.2 Å². The molecule has 0 heterocycles. The molecule has 0 aliphatic rings. The zero-order chi connectivity index (χ0) is 19.3. The molecular formula is C19H20BrClN2O3. The molecule has 0 aliphatic heterocycles. The van der Waals surface area contributed by atoms with Gasteiger partial charge in [0.25, 0.3) is 5.91 Å². The van der Waals surface area contributed by atoms with Crippen LogP contribution in [0.4, 0.5) is 5.69 Å². The first-order valence-electron chi connectivity index (χ1n) is 8.03. The molecule has 0 saturated carbocycles. The van der Waals surface area contributed by atoms with E-state index in [1.165, 1.54) is 7.11 Å². The topological polar surface area (TPSA) is 67.4 Å². The van der Waals surface area contributed by atoms with E-state index in [4.69, 9.17) is 16.3 Å². The molecule has 2 N–H and O–H groups in total. The van der Waals surface area contributed by atoms with E-state index in [0.29, 0.717) is 26.5 Å². The minimum atomic E-state index is -0.699. The fourth-order valence-corrected chi connectivity index (χ4v) is 3.09. The van der Waals surface area contributed by atoms with Crippen LogP contribution in [0.2, 0.25) is 5.02 Å². The van der Waals surface area contributed by atoms with Crippen molar-refractivity contribution in [1.29, 1.82) is 0 Å². The van der Waals surface area contributed by atoms with E-state index in [1.54, 1.807) is 36.4 Å². The Balaban J connectivity index is 2.14. The van der Waals surface area contributed by atoms with E-state index >= 15 is 0 Å². The monoisotopic (exact) mass is 438 g/mol. The molecule has 0 aromatic heterocycles. The van der Waals surface area contributed by atoms with Crippen molar-refractivity contribution in [3.63, 3.8) is 0 Å². The average Bonchev–Trinajstić information content (AvgIpc) is 2.59. The standard InChI is InChI=1S/C19H20BrClN2O3/c1-11(2)17(23-18(24)13-6-4-5-7-14(13)20)19(25)22-12-8-9-16(26-3)15(21)10-12/h4-11,17H,1-3H3,(H,22,25)(H,23,24)/t17-/m1/s1. The molecule has 2 aromatic rings. The maximum Gasteiger partial charge on any atom is 0.253 e. The highest BCUT2D eigenvalue weighted by molar-refractivity contribution is 9.10. The van der Waals surface area contributed by atoms with Crippen LogP contribution in [-0.2, 0) is 4.79 Å². The van der Waals surface area contributed by atoms with Crippen molar-refractivity contribution in [3.8, 4) is 5.75 Å². The molecule has 0 fully saturated rings. The first-order valence-corrected chi connectivity index (χ1v) is 9.20. The van der Waals surface area contributed by atoms with E-state index in [9.17, 15) is 9.59 Å². The Kier molecular flexibility index (Phi) is 7.06. The third-order valence-electron chi connectivity index (χ3n) is 3.77. The predicted molar refractivity (Wildman–Crippen MR) is 107 cm³/mol. The summed E-state index contributed by atoms with van der Waals surface area (Å²) in [5.74, 6) is -0.219. The lowest BCUT2D eigenvalue weighted by molar-refractivity contribution is -0.118. The van der Waals surface area contributed by atoms with E-state index < -0.39 is 6.04 Å². The summed E-state index contributed by atoms with van der Waals surface area (Å²) in [5.41, 5.74) is 1.00. The quantitative estimate of drug-likeness (QED) is 0.696. The summed E-state index contributed by atoms with van der Waals surface area (Å²) >= 11 is 9.43. The molecule has 0 unspecified atom stereocenters. The van der Waals surface area contributed by atoms with Crippen LogP contribution in [-0.4, -0.2) is 25.0 Å². The third kappa shape index (κ3) is 4.99. The highest BCUT2D eigenvalue weighted by atomic mass is 79.9. The number of carbonyl (C=O) groups excluding carboxylic acids is 2. The SMILES string of the molecule is COc1ccc(NC(=O)[C@H](NC(=O)c2ccccc2Br)C(C)C)cc1Cl. The lowest BCUT2D eigenvalue weighted by Gasteiger charge is -2.22. The second-order valence-corrected chi connectivity index (χ2v) is 7.28. The summed E-state index contributed by atoms with van der Waals surface area (Å²) in [4.78, 5) is 25.2. The molecule has 2 rings (SSSR count). The zero-order valence-corrected chi connectivity index (χ0v) is 17.0. The number of carbonyl (C=O) groups is 2. The molecule has 0 bridgehead atoms. The van der Waals surface area contributed by atoms with Crippen LogP contribution in [0.3, 0.4) is 0 Å². The summed E-state index contributed by atoms with van der Waals surface area (Å²) in [6.45, 7) is 3.73. The molecule has 2 amide bonds. The Bertz CT molecular complexity index is 811. The lowest BCUT2D eigenvalue weighted by atomic mass is 10.0. The van der Waals surface area contributed by atoms with Gasteiger partial charge in [0.2, 0.25) is 5.91 Å². The van der Waals surface area contributed by atoms with E-state index in [1.807, 2.05) is 19.9 Å². The second-order valence-electron chi connectivity index (χ2n) is 6.01.